The van der Waals surface area contributed by atoms with Crippen LogP contribution in [-0.2, 0) is 11.2 Å². The average Bonchev–Trinajstić information content (AvgIpc) is 2.97. The van der Waals surface area contributed by atoms with Crippen molar-refractivity contribution < 1.29 is 9.18 Å². The van der Waals surface area contributed by atoms with Gasteiger partial charge in [-0.1, -0.05) is 30.7 Å². The number of carbonyl (C=O) groups is 1. The summed E-state index contributed by atoms with van der Waals surface area (Å²) < 4.78 is 15.2. The molecule has 3 aliphatic carbocycles. The quantitative estimate of drug-likeness (QED) is 0.741. The number of hydrogen-bond donors (Lipinski definition) is 0. The molecule has 0 spiro atoms. The third-order valence-corrected chi connectivity index (χ3v) is 7.99. The molecule has 2 unspecified atom stereocenters. The molecule has 5 rings (SSSR count). The Hall–Kier alpha value is -1.38. The zero-order chi connectivity index (χ0) is 17.9. The van der Waals surface area contributed by atoms with Gasteiger partial charge >= 0.3 is 0 Å². The molecule has 0 N–H and O–H groups in total. The SMILES string of the molecule is C[C@H](C1CC2CCC[C@](F)(C2)C1)N1C[C@@H]2c3ccccc3CC[C@H]2C1=O. The third kappa shape index (κ3) is 2.61. The lowest BCUT2D eigenvalue weighted by Crippen LogP contribution is -2.47. The number of aryl methyl sites for hydroxylation is 1. The van der Waals surface area contributed by atoms with Crippen molar-refractivity contribution in [2.75, 3.05) is 6.54 Å². The van der Waals surface area contributed by atoms with Crippen molar-refractivity contribution in [2.24, 2.45) is 17.8 Å². The second-order valence-corrected chi connectivity index (χ2v) is 9.49. The highest BCUT2D eigenvalue weighted by atomic mass is 19.1. The second kappa shape index (κ2) is 6.07. The van der Waals surface area contributed by atoms with Crippen LogP contribution in [0, 0.1) is 17.8 Å². The smallest absolute Gasteiger partial charge is 0.226 e. The third-order valence-electron chi connectivity index (χ3n) is 7.99. The Kier molecular flexibility index (Phi) is 3.92. The van der Waals surface area contributed by atoms with Crippen LogP contribution < -0.4 is 0 Å². The highest BCUT2D eigenvalue weighted by Crippen LogP contribution is 2.50. The van der Waals surface area contributed by atoms with Crippen LogP contribution in [0.4, 0.5) is 4.39 Å². The number of carbonyl (C=O) groups excluding carboxylic acids is 1. The van der Waals surface area contributed by atoms with Gasteiger partial charge in [0.2, 0.25) is 5.91 Å². The lowest BCUT2D eigenvalue weighted by Gasteiger charge is -2.46. The summed E-state index contributed by atoms with van der Waals surface area (Å²) in [6.45, 7) is 3.03. The van der Waals surface area contributed by atoms with Crippen molar-refractivity contribution >= 4 is 5.91 Å². The minimum atomic E-state index is -0.956. The van der Waals surface area contributed by atoms with Crippen molar-refractivity contribution in [3.05, 3.63) is 35.4 Å². The van der Waals surface area contributed by atoms with Crippen molar-refractivity contribution in [3.8, 4) is 0 Å². The van der Waals surface area contributed by atoms with Crippen LogP contribution >= 0.6 is 0 Å². The predicted molar refractivity (Wildman–Crippen MR) is 101 cm³/mol. The molecule has 3 heteroatoms. The lowest BCUT2D eigenvalue weighted by molar-refractivity contribution is -0.135. The maximum absolute atomic E-state index is 15.2. The molecule has 2 bridgehead atoms. The van der Waals surface area contributed by atoms with Gasteiger partial charge in [-0.25, -0.2) is 4.39 Å². The zero-order valence-electron chi connectivity index (χ0n) is 15.8. The highest BCUT2D eigenvalue weighted by molar-refractivity contribution is 5.83. The molecule has 4 aliphatic rings. The number of halogens is 1. The average molecular weight is 355 g/mol. The molecule has 0 radical (unpaired) electrons. The van der Waals surface area contributed by atoms with E-state index in [4.69, 9.17) is 0 Å². The van der Waals surface area contributed by atoms with Gasteiger partial charge < -0.3 is 4.90 Å². The lowest BCUT2D eigenvalue weighted by atomic mass is 9.64. The van der Waals surface area contributed by atoms with E-state index in [-0.39, 0.29) is 12.0 Å². The fourth-order valence-corrected chi connectivity index (χ4v) is 6.67. The van der Waals surface area contributed by atoms with Crippen LogP contribution in [0.3, 0.4) is 0 Å². The summed E-state index contributed by atoms with van der Waals surface area (Å²) >= 11 is 0. The first kappa shape index (κ1) is 16.8. The number of rotatable bonds is 2. The summed E-state index contributed by atoms with van der Waals surface area (Å²) in [7, 11) is 0. The minimum Gasteiger partial charge on any atom is -0.339 e. The molecule has 3 fully saturated rings. The number of amides is 1. The minimum absolute atomic E-state index is 0.148. The van der Waals surface area contributed by atoms with E-state index in [9.17, 15) is 4.79 Å². The van der Waals surface area contributed by atoms with Gasteiger partial charge in [-0.3, -0.25) is 4.79 Å². The van der Waals surface area contributed by atoms with Crippen LogP contribution in [0.1, 0.15) is 68.9 Å². The second-order valence-electron chi connectivity index (χ2n) is 9.49. The summed E-state index contributed by atoms with van der Waals surface area (Å²) in [5.74, 6) is 1.70. The summed E-state index contributed by atoms with van der Waals surface area (Å²) in [4.78, 5) is 15.3. The van der Waals surface area contributed by atoms with Gasteiger partial charge in [-0.05, 0) is 74.8 Å². The highest BCUT2D eigenvalue weighted by Gasteiger charge is 2.50. The first-order chi connectivity index (χ1) is 12.5. The van der Waals surface area contributed by atoms with Gasteiger partial charge in [0.15, 0.2) is 0 Å². The normalized spacial score (nSPS) is 40.1. The zero-order valence-corrected chi connectivity index (χ0v) is 15.8. The van der Waals surface area contributed by atoms with Crippen LogP contribution in [0.15, 0.2) is 24.3 Å². The van der Waals surface area contributed by atoms with Crippen LogP contribution in [0.25, 0.3) is 0 Å². The Labute approximate surface area is 156 Å². The molecule has 1 aromatic carbocycles. The topological polar surface area (TPSA) is 20.3 Å². The van der Waals surface area contributed by atoms with Crippen molar-refractivity contribution in [3.63, 3.8) is 0 Å². The standard InChI is InChI=1S/C23H30FNO/c1-15(18-11-16-5-4-10-23(24,12-16)13-18)25-14-21-19-7-3-2-6-17(19)8-9-20(21)22(25)26/h2-3,6-7,15-16,18,20-21H,4-5,8-14H2,1H3/t15-,16?,18?,20-,21-,23+/m1/s1. The molecule has 2 nitrogen and oxygen atoms in total. The van der Waals surface area contributed by atoms with Crippen LogP contribution in [-0.4, -0.2) is 29.1 Å². The maximum atomic E-state index is 15.2. The molecule has 0 aromatic heterocycles. The molecule has 6 atom stereocenters. The van der Waals surface area contributed by atoms with Crippen molar-refractivity contribution in [1.82, 2.24) is 4.90 Å². The number of benzene rings is 1. The molecule has 1 saturated heterocycles. The Morgan fingerprint density at radius 1 is 1.19 bits per heavy atom. The van der Waals surface area contributed by atoms with Crippen molar-refractivity contribution in [2.45, 2.75) is 75.9 Å². The summed E-state index contributed by atoms with van der Waals surface area (Å²) in [5, 5.41) is 0. The number of alkyl halides is 1. The first-order valence-corrected chi connectivity index (χ1v) is 10.6. The Balaban J connectivity index is 1.37. The van der Waals surface area contributed by atoms with Gasteiger partial charge in [0, 0.05) is 24.4 Å². The molecule has 26 heavy (non-hydrogen) atoms. The number of nitrogens with zero attached hydrogens (tertiary/aromatic N) is 1. The molecule has 1 amide bonds. The fourth-order valence-electron chi connectivity index (χ4n) is 6.67. The summed E-state index contributed by atoms with van der Waals surface area (Å²) in [5.41, 5.74) is 1.85. The van der Waals surface area contributed by atoms with Crippen LogP contribution in [0.2, 0.25) is 0 Å². The van der Waals surface area contributed by atoms with Gasteiger partial charge in [0.1, 0.15) is 5.67 Å². The number of fused-ring (bicyclic) bond motifs is 5. The van der Waals surface area contributed by atoms with Gasteiger partial charge in [-0.15, -0.1) is 0 Å². The van der Waals surface area contributed by atoms with E-state index in [0.29, 0.717) is 30.1 Å². The Morgan fingerprint density at radius 2 is 2.04 bits per heavy atom. The monoisotopic (exact) mass is 355 g/mol. The molecule has 2 saturated carbocycles. The van der Waals surface area contributed by atoms with E-state index in [0.717, 1.165) is 45.1 Å². The van der Waals surface area contributed by atoms with E-state index in [2.05, 4.69) is 36.1 Å². The molecular weight excluding hydrogens is 325 g/mol. The fraction of sp³-hybridized carbons (Fsp3) is 0.696. The van der Waals surface area contributed by atoms with E-state index < -0.39 is 5.67 Å². The van der Waals surface area contributed by atoms with Crippen molar-refractivity contribution in [1.29, 1.82) is 0 Å². The van der Waals surface area contributed by atoms with Crippen LogP contribution in [0.5, 0.6) is 0 Å². The Morgan fingerprint density at radius 3 is 2.88 bits per heavy atom. The Bertz CT molecular complexity index is 718. The van der Waals surface area contributed by atoms with E-state index >= 15 is 4.39 Å². The number of likely N-dealkylation sites (tertiary alicyclic amines) is 1. The molecule has 1 heterocycles. The van der Waals surface area contributed by atoms with E-state index in [1.165, 1.54) is 17.5 Å². The molecule has 140 valence electrons. The molecule has 1 aliphatic heterocycles. The predicted octanol–water partition coefficient (Wildman–Crippen LogP) is 4.87. The summed E-state index contributed by atoms with van der Waals surface area (Å²) in [6.07, 6.45) is 7.51. The van der Waals surface area contributed by atoms with E-state index in [1.807, 2.05) is 0 Å². The molecule has 1 aromatic rings. The van der Waals surface area contributed by atoms with Gasteiger partial charge in [0.05, 0.1) is 0 Å². The largest absolute Gasteiger partial charge is 0.339 e. The number of hydrogen-bond acceptors (Lipinski definition) is 1. The first-order valence-electron chi connectivity index (χ1n) is 10.6. The summed E-state index contributed by atoms with van der Waals surface area (Å²) in [6, 6.07) is 8.83. The molecular formula is C23H30FNO. The van der Waals surface area contributed by atoms with Gasteiger partial charge in [-0.2, -0.15) is 0 Å². The maximum Gasteiger partial charge on any atom is 0.226 e. The van der Waals surface area contributed by atoms with Gasteiger partial charge in [0.25, 0.3) is 0 Å². The van der Waals surface area contributed by atoms with E-state index in [1.54, 1.807) is 0 Å².